The fourth-order valence-electron chi connectivity index (χ4n) is 1.52. The van der Waals surface area contributed by atoms with E-state index in [1.54, 1.807) is 0 Å². The van der Waals surface area contributed by atoms with Crippen molar-refractivity contribution in [2.24, 2.45) is 0 Å². The summed E-state index contributed by atoms with van der Waals surface area (Å²) in [5.74, 6) is 0. The monoisotopic (exact) mass is 310 g/mol. The molecule has 4 nitrogen and oxygen atoms in total. The molecule has 0 heterocycles. The third-order valence-corrected chi connectivity index (χ3v) is 7.05. The number of hydrogen-bond acceptors (Lipinski definition) is 4. The fraction of sp³-hybridized carbons (Fsp3) is 1.00. The Morgan fingerprint density at radius 2 is 1.21 bits per heavy atom. The Balaban J connectivity index is 4.70. The molecule has 0 aromatic heterocycles. The molecule has 0 aromatic rings. The maximum absolute atomic E-state index is 11.9. The molecule has 0 aromatic carbocycles. The summed E-state index contributed by atoms with van der Waals surface area (Å²) in [6.07, 6.45) is 3.46. The minimum Gasteiger partial charge on any atom is -0.373 e. The highest BCUT2D eigenvalue weighted by Crippen LogP contribution is 2.39. The Hall–Kier alpha value is 0.327. The van der Waals surface area contributed by atoms with Crippen molar-refractivity contribution in [2.75, 3.05) is 39.3 Å². The van der Waals surface area contributed by atoms with Gasteiger partial charge in [-0.25, -0.2) is 0 Å². The van der Waals surface area contributed by atoms with Crippen LogP contribution >= 0.6 is 7.14 Å². The molecule has 0 bridgehead atoms. The first kappa shape index (κ1) is 19.3. The molecule has 19 heavy (non-hydrogen) atoms. The summed E-state index contributed by atoms with van der Waals surface area (Å²) in [4.78, 5) is 0. The van der Waals surface area contributed by atoms with Gasteiger partial charge >= 0.3 is 8.80 Å². The van der Waals surface area contributed by atoms with Gasteiger partial charge in [0.25, 0.3) is 0 Å². The van der Waals surface area contributed by atoms with E-state index in [0.29, 0.717) is 32.0 Å². The SMILES string of the molecule is CCCO[Si](CCP(C)(C)=O)(OCCC)OCCC. The van der Waals surface area contributed by atoms with Gasteiger partial charge in [0.2, 0.25) is 0 Å². The summed E-state index contributed by atoms with van der Waals surface area (Å²) in [6.45, 7) is 11.8. The molecule has 0 aliphatic heterocycles. The molecule has 0 amide bonds. The molecule has 6 heteroatoms. The van der Waals surface area contributed by atoms with Crippen LogP contribution in [0.3, 0.4) is 0 Å². The molecule has 0 radical (unpaired) electrons. The first-order chi connectivity index (χ1) is 8.89. The smallest absolute Gasteiger partial charge is 0.373 e. The molecule has 0 fully saturated rings. The first-order valence-electron chi connectivity index (χ1n) is 7.35. The lowest BCUT2D eigenvalue weighted by molar-refractivity contribution is 0.0605. The van der Waals surface area contributed by atoms with Crippen LogP contribution in [0.25, 0.3) is 0 Å². The summed E-state index contributed by atoms with van der Waals surface area (Å²) in [7, 11) is -4.70. The number of rotatable bonds is 12. The van der Waals surface area contributed by atoms with Gasteiger partial charge in [-0.1, -0.05) is 20.8 Å². The van der Waals surface area contributed by atoms with Crippen LogP contribution in [-0.4, -0.2) is 48.1 Å². The van der Waals surface area contributed by atoms with Crippen molar-refractivity contribution >= 4 is 15.9 Å². The second-order valence-corrected chi connectivity index (χ2v) is 11.6. The predicted molar refractivity (Wildman–Crippen MR) is 83.6 cm³/mol. The second-order valence-electron chi connectivity index (χ2n) is 5.28. The van der Waals surface area contributed by atoms with Crippen molar-refractivity contribution < 1.29 is 17.8 Å². The largest absolute Gasteiger partial charge is 0.501 e. The van der Waals surface area contributed by atoms with Crippen molar-refractivity contribution in [1.29, 1.82) is 0 Å². The normalized spacial score (nSPS) is 12.9. The van der Waals surface area contributed by atoms with Crippen LogP contribution in [0.15, 0.2) is 0 Å². The van der Waals surface area contributed by atoms with Gasteiger partial charge in [0.1, 0.15) is 0 Å². The van der Waals surface area contributed by atoms with E-state index in [2.05, 4.69) is 20.8 Å². The molecule has 116 valence electrons. The molecular weight excluding hydrogens is 279 g/mol. The lowest BCUT2D eigenvalue weighted by Crippen LogP contribution is -2.47. The van der Waals surface area contributed by atoms with Crippen molar-refractivity contribution in [2.45, 2.75) is 46.1 Å². The van der Waals surface area contributed by atoms with Crippen LogP contribution in [-0.2, 0) is 17.8 Å². The molecule has 0 N–H and O–H groups in total. The predicted octanol–water partition coefficient (Wildman–Crippen LogP) is 3.83. The standard InChI is InChI=1S/C13H31O4PSi/c1-6-9-15-19(16-10-7-2,17-11-8-3)13-12-18(4,5)14/h6-13H2,1-5H3. The summed E-state index contributed by atoms with van der Waals surface area (Å²) in [5.41, 5.74) is 0. The molecule has 0 unspecified atom stereocenters. The van der Waals surface area contributed by atoms with Gasteiger partial charge in [0.15, 0.2) is 0 Å². The molecule has 0 saturated carbocycles. The van der Waals surface area contributed by atoms with Crippen LogP contribution in [0.2, 0.25) is 6.04 Å². The molecule has 0 saturated heterocycles. The van der Waals surface area contributed by atoms with E-state index >= 15 is 0 Å². The van der Waals surface area contributed by atoms with Crippen molar-refractivity contribution in [3.63, 3.8) is 0 Å². The van der Waals surface area contributed by atoms with Crippen LogP contribution in [0, 0.1) is 0 Å². The summed E-state index contributed by atoms with van der Waals surface area (Å²) < 4.78 is 29.8. The second kappa shape index (κ2) is 10.1. The maximum atomic E-state index is 11.9. The average Bonchev–Trinajstić information content (AvgIpc) is 2.36. The molecular formula is C13H31O4PSi. The third kappa shape index (κ3) is 9.80. The topological polar surface area (TPSA) is 44.8 Å². The Labute approximate surface area is 119 Å². The third-order valence-electron chi connectivity index (χ3n) is 2.53. The number of hydrogen-bond donors (Lipinski definition) is 0. The molecule has 0 aliphatic rings. The lowest BCUT2D eigenvalue weighted by atomic mass is 10.5. The van der Waals surface area contributed by atoms with E-state index in [-0.39, 0.29) is 0 Å². The Kier molecular flexibility index (Phi) is 10.3. The van der Waals surface area contributed by atoms with E-state index in [1.807, 2.05) is 13.3 Å². The minimum absolute atomic E-state index is 0.635. The first-order valence-corrected chi connectivity index (χ1v) is 12.1. The summed E-state index contributed by atoms with van der Waals surface area (Å²) in [6, 6.07) is 0.664. The van der Waals surface area contributed by atoms with Gasteiger partial charge < -0.3 is 17.8 Å². The highest BCUT2D eigenvalue weighted by Gasteiger charge is 2.41. The van der Waals surface area contributed by atoms with Gasteiger partial charge in [-0.3, -0.25) is 0 Å². The highest BCUT2D eigenvalue weighted by molar-refractivity contribution is 7.62. The van der Waals surface area contributed by atoms with Crippen molar-refractivity contribution in [3.05, 3.63) is 0 Å². The quantitative estimate of drug-likeness (QED) is 0.406. The zero-order valence-corrected chi connectivity index (χ0v) is 15.1. The average molecular weight is 310 g/mol. The molecule has 0 spiro atoms. The molecule has 0 aliphatic carbocycles. The Bertz CT molecular complexity index is 246. The van der Waals surface area contributed by atoms with E-state index < -0.39 is 15.9 Å². The van der Waals surface area contributed by atoms with Gasteiger partial charge in [-0.15, -0.1) is 0 Å². The van der Waals surface area contributed by atoms with Crippen LogP contribution in [0.5, 0.6) is 0 Å². The zero-order chi connectivity index (χ0) is 14.8. The fourth-order valence-corrected chi connectivity index (χ4v) is 7.00. The molecule has 0 rings (SSSR count). The van der Waals surface area contributed by atoms with Crippen LogP contribution in [0.1, 0.15) is 40.0 Å². The minimum atomic E-state index is -2.64. The Morgan fingerprint density at radius 3 is 1.47 bits per heavy atom. The maximum Gasteiger partial charge on any atom is 0.501 e. The molecule has 0 atom stereocenters. The highest BCUT2D eigenvalue weighted by atomic mass is 31.2. The van der Waals surface area contributed by atoms with Crippen molar-refractivity contribution in [1.82, 2.24) is 0 Å². The Morgan fingerprint density at radius 1 is 0.842 bits per heavy atom. The van der Waals surface area contributed by atoms with Gasteiger partial charge in [-0.05, 0) is 32.6 Å². The summed E-state index contributed by atoms with van der Waals surface area (Å²) >= 11 is 0. The van der Waals surface area contributed by atoms with E-state index in [4.69, 9.17) is 13.3 Å². The van der Waals surface area contributed by atoms with Gasteiger partial charge in [0.05, 0.1) is 7.14 Å². The van der Waals surface area contributed by atoms with Crippen LogP contribution in [0.4, 0.5) is 0 Å². The van der Waals surface area contributed by atoms with Gasteiger partial charge in [-0.2, -0.15) is 0 Å². The van der Waals surface area contributed by atoms with Gasteiger partial charge in [0, 0.05) is 32.0 Å². The lowest BCUT2D eigenvalue weighted by Gasteiger charge is -2.30. The van der Waals surface area contributed by atoms with Crippen LogP contribution < -0.4 is 0 Å². The van der Waals surface area contributed by atoms with E-state index in [1.165, 1.54) is 0 Å². The summed E-state index contributed by atoms with van der Waals surface area (Å²) in [5, 5.41) is 0. The van der Waals surface area contributed by atoms with E-state index in [9.17, 15) is 4.57 Å². The van der Waals surface area contributed by atoms with Crippen molar-refractivity contribution in [3.8, 4) is 0 Å². The van der Waals surface area contributed by atoms with E-state index in [0.717, 1.165) is 19.3 Å². The zero-order valence-electron chi connectivity index (χ0n) is 13.2.